The largest absolute Gasteiger partial charge is 0.508 e. The number of nitrogens with zero attached hydrogens (tertiary/aromatic N) is 4. The molecule has 7 N–H and O–H groups in total. The Morgan fingerprint density at radius 1 is 0.986 bits per heavy atom. The number of nitrogens with one attached hydrogen (secondary N) is 4. The zero-order chi connectivity index (χ0) is 52.7. The first-order chi connectivity index (χ1) is 34.4. The lowest BCUT2D eigenvalue weighted by Gasteiger charge is -2.43. The molecule has 3 unspecified atom stereocenters. The monoisotopic (exact) mass is 1060 g/mol. The van der Waals surface area contributed by atoms with E-state index in [4.69, 9.17) is 14.2 Å². The Labute approximate surface area is 436 Å². The third kappa shape index (κ3) is 20.0. The first-order valence-electron chi connectivity index (χ1n) is 24.8. The van der Waals surface area contributed by atoms with Crippen molar-refractivity contribution < 1.29 is 53.5 Å². The van der Waals surface area contributed by atoms with Gasteiger partial charge in [-0.2, -0.15) is 0 Å². The van der Waals surface area contributed by atoms with E-state index in [1.807, 2.05) is 64.8 Å². The van der Waals surface area contributed by atoms with Gasteiger partial charge in [-0.15, -0.1) is 11.3 Å². The van der Waals surface area contributed by atoms with E-state index >= 15 is 0 Å². The van der Waals surface area contributed by atoms with Gasteiger partial charge in [-0.3, -0.25) is 29.5 Å². The molecule has 0 saturated carbocycles. The molecule has 1 aromatic carbocycles. The number of hydrogen-bond acceptors (Lipinski definition) is 18. The van der Waals surface area contributed by atoms with Gasteiger partial charge in [0, 0.05) is 48.7 Å². The van der Waals surface area contributed by atoms with Crippen LogP contribution in [0.5, 0.6) is 5.75 Å². The van der Waals surface area contributed by atoms with Gasteiger partial charge in [0.2, 0.25) is 11.8 Å². The quantitative estimate of drug-likeness (QED) is 0.0128. The molecule has 72 heavy (non-hydrogen) atoms. The van der Waals surface area contributed by atoms with E-state index in [0.717, 1.165) is 41.3 Å². The summed E-state index contributed by atoms with van der Waals surface area (Å²) in [6, 6.07) is 9.79. The molecule has 0 aliphatic carbocycles. The van der Waals surface area contributed by atoms with Gasteiger partial charge in [0.25, 0.3) is 5.91 Å². The van der Waals surface area contributed by atoms with E-state index in [0.29, 0.717) is 36.4 Å². The summed E-state index contributed by atoms with van der Waals surface area (Å²) in [5, 5.41) is 42.0. The lowest BCUT2D eigenvalue weighted by molar-refractivity contribution is -0.189. The summed E-state index contributed by atoms with van der Waals surface area (Å²) in [5.74, 6) is -2.35. The number of amides is 4. The van der Waals surface area contributed by atoms with Crippen LogP contribution in [0, 0.1) is 17.8 Å². The van der Waals surface area contributed by atoms with E-state index in [9.17, 15) is 39.3 Å². The summed E-state index contributed by atoms with van der Waals surface area (Å²) < 4.78 is 17.1. The Bertz CT molecular complexity index is 2120. The molecule has 19 nitrogen and oxygen atoms in total. The second-order valence-corrected chi connectivity index (χ2v) is 21.9. The van der Waals surface area contributed by atoms with Crippen molar-refractivity contribution in [2.45, 2.75) is 154 Å². The Balaban J connectivity index is 1.51. The molecule has 4 amide bonds. The second-order valence-electron chi connectivity index (χ2n) is 18.6. The molecule has 22 heteroatoms. The van der Waals surface area contributed by atoms with Gasteiger partial charge in [0.1, 0.15) is 41.0 Å². The van der Waals surface area contributed by atoms with Gasteiger partial charge < -0.3 is 40.2 Å². The number of piperidine rings is 1. The SMILES string of the molecule is CCCC(O)OCN(C(O)[C@@H](NC(=O)C1CCCCN1C)[C@@H](C)CC)[C@H](C[C@@H](OC(C)=O)c1nc(C(=O)N[C@@H](Cc2ccc(O)cc2)C[C@H](C)C(=O)NNC(=O)OCCSSc2ccccn2)cs1)C(C)C. The molecule has 2 aromatic heterocycles. The smallest absolute Gasteiger partial charge is 0.426 e. The Kier molecular flexibility index (Phi) is 26.0. The van der Waals surface area contributed by atoms with Crippen LogP contribution < -0.4 is 21.5 Å². The van der Waals surface area contributed by atoms with Crippen molar-refractivity contribution in [1.29, 1.82) is 0 Å². The van der Waals surface area contributed by atoms with Crippen LogP contribution in [-0.2, 0) is 35.0 Å². The number of aromatic nitrogens is 2. The Hall–Kier alpha value is -4.55. The van der Waals surface area contributed by atoms with E-state index in [2.05, 4.69) is 31.5 Å². The van der Waals surface area contributed by atoms with Crippen LogP contribution >= 0.6 is 32.9 Å². The van der Waals surface area contributed by atoms with Crippen LogP contribution in [0.3, 0.4) is 0 Å². The number of likely N-dealkylation sites (tertiary alicyclic amines) is 1. The minimum absolute atomic E-state index is 0.0391. The summed E-state index contributed by atoms with van der Waals surface area (Å²) in [6.07, 6.45) is 2.29. The number of aliphatic hydroxyl groups excluding tert-OH is 2. The van der Waals surface area contributed by atoms with Gasteiger partial charge in [0.05, 0.1) is 12.1 Å². The van der Waals surface area contributed by atoms with Crippen LogP contribution in [0.2, 0.25) is 0 Å². The molecular formula is C50H76N8O11S3. The third-order valence-electron chi connectivity index (χ3n) is 12.5. The second kappa shape index (κ2) is 31.2. The number of phenolic OH excluding ortho intramolecular Hbond substituents is 1. The predicted molar refractivity (Wildman–Crippen MR) is 278 cm³/mol. The van der Waals surface area contributed by atoms with Crippen LogP contribution in [0.15, 0.2) is 59.1 Å². The molecule has 4 rings (SSSR count). The van der Waals surface area contributed by atoms with Crippen LogP contribution in [0.4, 0.5) is 4.79 Å². The first kappa shape index (κ1) is 60.0. The average molecular weight is 1060 g/mol. The summed E-state index contributed by atoms with van der Waals surface area (Å²) >= 11 is 1.12. The van der Waals surface area contributed by atoms with E-state index < -0.39 is 66.5 Å². The van der Waals surface area contributed by atoms with Crippen molar-refractivity contribution >= 4 is 62.7 Å². The van der Waals surface area contributed by atoms with Crippen LogP contribution in [0.25, 0.3) is 0 Å². The van der Waals surface area contributed by atoms with E-state index in [-0.39, 0.29) is 67.8 Å². The lowest BCUT2D eigenvalue weighted by atomic mass is 9.91. The zero-order valence-electron chi connectivity index (χ0n) is 42.8. The fourth-order valence-corrected chi connectivity index (χ4v) is 10.8. The summed E-state index contributed by atoms with van der Waals surface area (Å²) in [6.45, 7) is 13.4. The first-order valence-corrected chi connectivity index (χ1v) is 28.0. The fourth-order valence-electron chi connectivity index (χ4n) is 8.30. The number of benzene rings is 1. The number of aromatic hydroxyl groups is 1. The van der Waals surface area contributed by atoms with Crippen molar-refractivity contribution in [3.63, 3.8) is 0 Å². The predicted octanol–water partition coefficient (Wildman–Crippen LogP) is 6.56. The number of likely N-dealkylation sites (N-methyl/N-ethyl adjacent to an activating group) is 1. The third-order valence-corrected chi connectivity index (χ3v) is 15.7. The average Bonchev–Trinajstić information content (AvgIpc) is 3.85. The number of hydrogen-bond donors (Lipinski definition) is 7. The van der Waals surface area contributed by atoms with Gasteiger partial charge in [-0.1, -0.05) is 89.8 Å². The zero-order valence-corrected chi connectivity index (χ0v) is 45.2. The highest BCUT2D eigenvalue weighted by Gasteiger charge is 2.40. The molecule has 0 bridgehead atoms. The Morgan fingerprint density at radius 3 is 2.39 bits per heavy atom. The molecule has 3 aromatic rings. The number of esters is 1. The summed E-state index contributed by atoms with van der Waals surface area (Å²) in [4.78, 5) is 78.9. The summed E-state index contributed by atoms with van der Waals surface area (Å²) in [7, 11) is 4.85. The molecule has 1 aliphatic rings. The molecule has 0 radical (unpaired) electrons. The van der Waals surface area contributed by atoms with Crippen molar-refractivity contribution in [2.75, 3.05) is 32.7 Å². The molecular weight excluding hydrogens is 985 g/mol. The maximum Gasteiger partial charge on any atom is 0.426 e. The van der Waals surface area contributed by atoms with Crippen molar-refractivity contribution in [1.82, 2.24) is 41.3 Å². The number of phenols is 1. The molecule has 3 heterocycles. The summed E-state index contributed by atoms with van der Waals surface area (Å²) in [5.41, 5.74) is 5.48. The molecule has 9 atom stereocenters. The fraction of sp³-hybridized carbons (Fsp3) is 0.620. The van der Waals surface area contributed by atoms with Crippen molar-refractivity contribution in [3.05, 3.63) is 70.3 Å². The molecule has 1 aliphatic heterocycles. The molecule has 0 spiro atoms. The number of carbonyl (C=O) groups is 5. The van der Waals surface area contributed by atoms with Gasteiger partial charge in [-0.25, -0.2) is 25.1 Å². The van der Waals surface area contributed by atoms with Gasteiger partial charge in [0.15, 0.2) is 12.4 Å². The molecule has 1 fully saturated rings. The number of pyridine rings is 1. The normalized spacial score (nSPS) is 17.4. The highest BCUT2D eigenvalue weighted by molar-refractivity contribution is 8.76. The Morgan fingerprint density at radius 2 is 1.74 bits per heavy atom. The number of ether oxygens (including phenoxy) is 3. The lowest BCUT2D eigenvalue weighted by Crippen LogP contribution is -2.61. The number of hydrazine groups is 1. The van der Waals surface area contributed by atoms with E-state index in [1.54, 1.807) is 35.5 Å². The topological polar surface area (TPSA) is 254 Å². The number of aliphatic hydroxyl groups is 2. The standard InChI is InChI=1S/C50H76N8O11S3/c1-9-15-43(61)68-30-58(49(65)44(32(5)10-2)54-47(64)39-16-12-14-23-57(39)8)40(31(3)4)28-41(69-34(7)59)48-53-38(29-70-48)46(63)52-36(27-35-18-20-37(60)21-19-35)26-33(6)45(62)55-56-50(66)67-24-25-71-72-42-17-11-13-22-51-42/h11,13,17-22,29,31-33,36,39-41,43-44,49,60-61,65H,9-10,12,14-16,23-28,30H2,1-8H3,(H,52,63)(H,54,64)(H,55,62)(H,56,66)/t32-,33-,36+,39?,40+,41+,43?,44-,49?/m0/s1. The minimum Gasteiger partial charge on any atom is -0.508 e. The van der Waals surface area contributed by atoms with Crippen molar-refractivity contribution in [3.8, 4) is 5.75 Å². The minimum atomic E-state index is -1.29. The van der Waals surface area contributed by atoms with Crippen LogP contribution in [-0.4, -0.2) is 134 Å². The maximum absolute atomic E-state index is 14.1. The van der Waals surface area contributed by atoms with Crippen LogP contribution in [0.1, 0.15) is 127 Å². The van der Waals surface area contributed by atoms with Gasteiger partial charge >= 0.3 is 12.1 Å². The number of carbonyl (C=O) groups excluding carboxylic acids is 5. The molecule has 400 valence electrons. The maximum atomic E-state index is 14.1. The number of rotatable bonds is 29. The number of thiazole rings is 1. The van der Waals surface area contributed by atoms with Crippen molar-refractivity contribution in [2.24, 2.45) is 17.8 Å². The molecule has 1 saturated heterocycles. The highest BCUT2D eigenvalue weighted by Crippen LogP contribution is 2.33. The highest BCUT2D eigenvalue weighted by atomic mass is 33.1. The van der Waals surface area contributed by atoms with E-state index in [1.165, 1.54) is 40.6 Å². The van der Waals surface area contributed by atoms with Gasteiger partial charge in [-0.05, 0) is 98.2 Å².